The highest BCUT2D eigenvalue weighted by Crippen LogP contribution is 2.71. The van der Waals surface area contributed by atoms with Gasteiger partial charge in [0.25, 0.3) is 0 Å². The van der Waals surface area contributed by atoms with Gasteiger partial charge in [-0.15, -0.1) is 11.3 Å². The van der Waals surface area contributed by atoms with E-state index in [2.05, 4.69) is 53.0 Å². The number of rotatable bonds is 9. The summed E-state index contributed by atoms with van der Waals surface area (Å²) < 4.78 is 17.8. The van der Waals surface area contributed by atoms with E-state index in [1.807, 2.05) is 6.20 Å². The molecule has 0 atom stereocenters. The van der Waals surface area contributed by atoms with Gasteiger partial charge in [0.1, 0.15) is 5.67 Å². The quantitative estimate of drug-likeness (QED) is 0.185. The van der Waals surface area contributed by atoms with Crippen LogP contribution in [0.1, 0.15) is 118 Å². The fourth-order valence-corrected chi connectivity index (χ4v) is 11.0. The SMILES string of the molecule is Cn1nc(C23CCC(CN(C(=O)CC45CC(F)(C4)C5)c4cccc(-c5cnc6nc(C7CC7)sc6c5)c4)(CC2)CC3)cc1C1CC1. The summed E-state index contributed by atoms with van der Waals surface area (Å²) in [6.45, 7) is 0.745. The molecule has 238 valence electrons. The van der Waals surface area contributed by atoms with Gasteiger partial charge in [0, 0.05) is 60.4 Å². The van der Waals surface area contributed by atoms with Crippen molar-refractivity contribution in [3.63, 3.8) is 0 Å². The molecule has 8 aliphatic rings. The van der Waals surface area contributed by atoms with Crippen LogP contribution in [0.2, 0.25) is 0 Å². The number of aryl methyl sites for hydroxylation is 1. The second-order valence-electron chi connectivity index (χ2n) is 16.4. The lowest BCUT2D eigenvalue weighted by molar-refractivity contribution is -0.215. The van der Waals surface area contributed by atoms with Crippen LogP contribution in [-0.4, -0.2) is 37.9 Å². The topological polar surface area (TPSA) is 63.9 Å². The summed E-state index contributed by atoms with van der Waals surface area (Å²) >= 11 is 1.77. The molecule has 8 heteroatoms. The van der Waals surface area contributed by atoms with Gasteiger partial charge in [-0.2, -0.15) is 5.10 Å². The van der Waals surface area contributed by atoms with E-state index in [0.29, 0.717) is 37.5 Å². The number of carbonyl (C=O) groups excluding carboxylic acids is 1. The zero-order chi connectivity index (χ0) is 30.9. The minimum absolute atomic E-state index is 0.116. The number of carbonyl (C=O) groups is 1. The average Bonchev–Trinajstić information content (AvgIpc) is 3.98. The van der Waals surface area contributed by atoms with Gasteiger partial charge in [0.15, 0.2) is 5.65 Å². The van der Waals surface area contributed by atoms with Crippen molar-refractivity contribution in [2.45, 2.75) is 113 Å². The molecule has 3 aromatic heterocycles. The molecule has 0 spiro atoms. The highest BCUT2D eigenvalue weighted by Gasteiger charge is 2.69. The maximum Gasteiger partial charge on any atom is 0.227 e. The van der Waals surface area contributed by atoms with Crippen molar-refractivity contribution in [3.8, 4) is 11.1 Å². The number of hydrogen-bond acceptors (Lipinski definition) is 5. The van der Waals surface area contributed by atoms with Crippen molar-refractivity contribution in [1.29, 1.82) is 0 Å². The van der Waals surface area contributed by atoms with Crippen LogP contribution in [0.25, 0.3) is 21.5 Å². The molecule has 0 radical (unpaired) electrons. The number of fused-ring (bicyclic) bond motifs is 4. The first kappa shape index (κ1) is 27.9. The number of nitrogens with zero attached hydrogens (tertiary/aromatic N) is 5. The molecule has 0 unspecified atom stereocenters. The van der Waals surface area contributed by atoms with E-state index in [4.69, 9.17) is 15.1 Å². The molecular formula is C38H42FN5OS. The van der Waals surface area contributed by atoms with Crippen molar-refractivity contribution in [3.05, 3.63) is 59.0 Å². The van der Waals surface area contributed by atoms with E-state index in [9.17, 15) is 9.18 Å². The van der Waals surface area contributed by atoms with Crippen LogP contribution in [0.3, 0.4) is 0 Å². The molecular weight excluding hydrogens is 594 g/mol. The van der Waals surface area contributed by atoms with E-state index in [0.717, 1.165) is 72.2 Å². The van der Waals surface area contributed by atoms with Gasteiger partial charge in [0.05, 0.1) is 15.4 Å². The van der Waals surface area contributed by atoms with Crippen LogP contribution < -0.4 is 4.90 Å². The van der Waals surface area contributed by atoms with Crippen molar-refractivity contribution >= 4 is 33.3 Å². The zero-order valence-corrected chi connectivity index (χ0v) is 27.5. The van der Waals surface area contributed by atoms with Crippen LogP contribution in [0, 0.1) is 10.8 Å². The first-order valence-electron chi connectivity index (χ1n) is 17.6. The summed E-state index contributed by atoms with van der Waals surface area (Å²) in [4.78, 5) is 25.9. The summed E-state index contributed by atoms with van der Waals surface area (Å²) in [6, 6.07) is 13.1. The molecule has 0 N–H and O–H groups in total. The third-order valence-electron chi connectivity index (χ3n) is 12.9. The number of anilines is 1. The molecule has 12 rings (SSSR count). The summed E-state index contributed by atoms with van der Waals surface area (Å²) in [7, 11) is 2.12. The monoisotopic (exact) mass is 635 g/mol. The normalized spacial score (nSPS) is 32.7. The highest BCUT2D eigenvalue weighted by atomic mass is 32.1. The molecule has 1 amide bonds. The van der Waals surface area contributed by atoms with Gasteiger partial charge in [-0.05, 0) is 124 Å². The van der Waals surface area contributed by atoms with Crippen LogP contribution >= 0.6 is 11.3 Å². The molecule has 4 bridgehead atoms. The van der Waals surface area contributed by atoms with Gasteiger partial charge < -0.3 is 4.90 Å². The Hall–Kier alpha value is -3.13. The number of hydrogen-bond donors (Lipinski definition) is 0. The number of amides is 1. The second-order valence-corrected chi connectivity index (χ2v) is 17.5. The van der Waals surface area contributed by atoms with Crippen molar-refractivity contribution in [2.75, 3.05) is 11.4 Å². The Bertz CT molecular complexity index is 1860. The van der Waals surface area contributed by atoms with Gasteiger partial charge in [-0.1, -0.05) is 12.1 Å². The van der Waals surface area contributed by atoms with Crippen molar-refractivity contribution < 1.29 is 9.18 Å². The molecule has 8 aliphatic carbocycles. The van der Waals surface area contributed by atoms with Crippen molar-refractivity contribution in [1.82, 2.24) is 19.7 Å². The largest absolute Gasteiger partial charge is 0.312 e. The summed E-state index contributed by atoms with van der Waals surface area (Å²) in [5.41, 5.74) is 5.85. The number of aromatic nitrogens is 4. The Morgan fingerprint density at radius 3 is 2.39 bits per heavy atom. The Balaban J connectivity index is 0.935. The fraction of sp³-hybridized carbons (Fsp3) is 0.579. The van der Waals surface area contributed by atoms with Crippen LogP contribution in [0.15, 0.2) is 42.6 Å². The highest BCUT2D eigenvalue weighted by molar-refractivity contribution is 7.18. The number of alkyl halides is 1. The summed E-state index contributed by atoms with van der Waals surface area (Å²) in [5.74, 6) is 1.49. The number of halogens is 1. The first-order chi connectivity index (χ1) is 22.2. The molecule has 1 aromatic carbocycles. The van der Waals surface area contributed by atoms with E-state index in [-0.39, 0.29) is 22.2 Å². The van der Waals surface area contributed by atoms with Gasteiger partial charge >= 0.3 is 0 Å². The van der Waals surface area contributed by atoms with Crippen LogP contribution in [0.4, 0.5) is 10.1 Å². The molecule has 8 fully saturated rings. The van der Waals surface area contributed by atoms with Gasteiger partial charge in [-0.25, -0.2) is 14.4 Å². The Labute approximate surface area is 273 Å². The summed E-state index contributed by atoms with van der Waals surface area (Å²) in [5, 5.41) is 6.28. The Morgan fingerprint density at radius 2 is 1.70 bits per heavy atom. The van der Waals surface area contributed by atoms with Gasteiger partial charge in [-0.3, -0.25) is 9.48 Å². The minimum Gasteiger partial charge on any atom is -0.312 e. The maximum absolute atomic E-state index is 14.5. The maximum atomic E-state index is 14.5. The molecule has 0 aliphatic heterocycles. The first-order valence-corrected chi connectivity index (χ1v) is 18.4. The number of thiazole rings is 1. The predicted molar refractivity (Wildman–Crippen MR) is 179 cm³/mol. The number of pyridine rings is 1. The average molecular weight is 636 g/mol. The standard InChI is InChI=1S/C38H42FN5OS/c1-43-29(24-5-6-24)17-31(42-43)37-12-9-35(10-13-37,11-14-37)23-44(32(45)18-36-20-38(39,21-36)22-36)28-4-2-3-26(15-28)27-16-30-33(40-19-27)41-34(46-30)25-7-8-25/h2-4,15-17,19,24-25H,5-14,18,20-23H2,1H3. The molecule has 8 saturated carbocycles. The number of benzene rings is 1. The molecule has 46 heavy (non-hydrogen) atoms. The molecule has 0 saturated heterocycles. The van der Waals surface area contributed by atoms with Crippen LogP contribution in [-0.2, 0) is 17.3 Å². The lowest BCUT2D eigenvalue weighted by Crippen LogP contribution is -2.65. The van der Waals surface area contributed by atoms with E-state index in [1.54, 1.807) is 11.3 Å². The molecule has 3 heterocycles. The molecule has 4 aromatic rings. The fourth-order valence-electron chi connectivity index (χ4n) is 9.86. The third-order valence-corrected chi connectivity index (χ3v) is 14.1. The zero-order valence-electron chi connectivity index (χ0n) is 26.7. The minimum atomic E-state index is -0.994. The smallest absolute Gasteiger partial charge is 0.227 e. The van der Waals surface area contributed by atoms with Crippen molar-refractivity contribution in [2.24, 2.45) is 17.9 Å². The Morgan fingerprint density at radius 1 is 0.957 bits per heavy atom. The molecule has 6 nitrogen and oxygen atoms in total. The third kappa shape index (κ3) is 4.45. The lowest BCUT2D eigenvalue weighted by Gasteiger charge is -2.66. The van der Waals surface area contributed by atoms with Crippen LogP contribution in [0.5, 0.6) is 0 Å². The predicted octanol–water partition coefficient (Wildman–Crippen LogP) is 8.75. The second kappa shape index (κ2) is 9.48. The Kier molecular flexibility index (Phi) is 5.76. The van der Waals surface area contributed by atoms with E-state index in [1.165, 1.54) is 42.1 Å². The lowest BCUT2D eigenvalue weighted by atomic mass is 9.41. The van der Waals surface area contributed by atoms with E-state index >= 15 is 0 Å². The van der Waals surface area contributed by atoms with E-state index < -0.39 is 5.67 Å². The van der Waals surface area contributed by atoms with Gasteiger partial charge in [0.2, 0.25) is 5.91 Å². The summed E-state index contributed by atoms with van der Waals surface area (Å²) in [6.07, 6.45) is 15.9.